The van der Waals surface area contributed by atoms with Gasteiger partial charge in [-0.25, -0.2) is 0 Å². The van der Waals surface area contributed by atoms with E-state index < -0.39 is 0 Å². The molecule has 1 fully saturated rings. The highest BCUT2D eigenvalue weighted by atomic mass is 32.2. The number of furan rings is 1. The van der Waals surface area contributed by atoms with Crippen LogP contribution in [0.15, 0.2) is 28.0 Å². The average Bonchev–Trinajstić information content (AvgIpc) is 3.33. The molecule has 1 N–H and O–H groups in total. The maximum absolute atomic E-state index is 11.8. The molecule has 3 heterocycles. The van der Waals surface area contributed by atoms with Gasteiger partial charge in [0.2, 0.25) is 11.7 Å². The Balaban J connectivity index is 1.73. The molecule has 0 unspecified atom stereocenters. The van der Waals surface area contributed by atoms with Gasteiger partial charge in [0, 0.05) is 13.2 Å². The number of carbonyl (C=O) groups excluding carboxylic acids is 1. The highest BCUT2D eigenvalue weighted by molar-refractivity contribution is 7.99. The summed E-state index contributed by atoms with van der Waals surface area (Å²) in [5.41, 5.74) is 0. The van der Waals surface area contributed by atoms with E-state index in [1.54, 1.807) is 6.26 Å². The number of hydrogen-bond donors (Lipinski definition) is 1. The largest absolute Gasteiger partial charge is 0.461 e. The fraction of sp³-hybridized carbons (Fsp3) is 0.562. The molecule has 1 amide bonds. The normalized spacial score (nSPS) is 17.3. The summed E-state index contributed by atoms with van der Waals surface area (Å²) in [5.74, 6) is 1.67. The summed E-state index contributed by atoms with van der Waals surface area (Å²) >= 11 is 1.39. The molecular formula is C16H22N4O3S. The van der Waals surface area contributed by atoms with Crippen molar-refractivity contribution in [3.63, 3.8) is 0 Å². The van der Waals surface area contributed by atoms with Gasteiger partial charge in [-0.3, -0.25) is 9.36 Å². The minimum absolute atomic E-state index is 0.00747. The number of rotatable bonds is 8. The summed E-state index contributed by atoms with van der Waals surface area (Å²) in [6.45, 7) is 4.19. The Labute approximate surface area is 145 Å². The number of carbonyl (C=O) groups is 1. The first-order chi connectivity index (χ1) is 11.8. The first-order valence-electron chi connectivity index (χ1n) is 8.26. The summed E-state index contributed by atoms with van der Waals surface area (Å²) in [4.78, 5) is 11.8. The molecular weight excluding hydrogens is 328 g/mol. The smallest absolute Gasteiger partial charge is 0.230 e. The Morgan fingerprint density at radius 3 is 3.12 bits per heavy atom. The third kappa shape index (κ3) is 4.18. The summed E-state index contributed by atoms with van der Waals surface area (Å²) in [7, 11) is 0. The Kier molecular flexibility index (Phi) is 5.92. The highest BCUT2D eigenvalue weighted by Crippen LogP contribution is 2.26. The third-order valence-corrected chi connectivity index (χ3v) is 4.74. The molecule has 0 bridgehead atoms. The number of aromatic nitrogens is 3. The molecule has 0 spiro atoms. The third-order valence-electron chi connectivity index (χ3n) is 3.77. The van der Waals surface area contributed by atoms with Crippen molar-refractivity contribution in [3.05, 3.63) is 18.4 Å². The van der Waals surface area contributed by atoms with E-state index in [2.05, 4.69) is 15.5 Å². The second-order valence-electron chi connectivity index (χ2n) is 5.67. The standard InChI is InChI=1S/C16H22N4O3S/c1-2-7-17-14(21)11-24-16-19-18-15(13-6-4-9-23-13)20(16)10-12-5-3-8-22-12/h4,6,9,12H,2-3,5,7-8,10-11H2,1H3,(H,17,21)/t12-/m0/s1. The van der Waals surface area contributed by atoms with Crippen LogP contribution in [0.3, 0.4) is 0 Å². The van der Waals surface area contributed by atoms with Gasteiger partial charge in [-0.1, -0.05) is 18.7 Å². The van der Waals surface area contributed by atoms with E-state index in [9.17, 15) is 4.79 Å². The van der Waals surface area contributed by atoms with Crippen LogP contribution in [0.25, 0.3) is 11.6 Å². The lowest BCUT2D eigenvalue weighted by atomic mass is 10.2. The zero-order valence-corrected chi connectivity index (χ0v) is 14.6. The second kappa shape index (κ2) is 8.34. The molecule has 1 saturated heterocycles. The van der Waals surface area contributed by atoms with E-state index in [1.165, 1.54) is 11.8 Å². The van der Waals surface area contributed by atoms with Gasteiger partial charge in [0.05, 0.1) is 24.7 Å². The minimum atomic E-state index is 0.00747. The number of thioether (sulfide) groups is 1. The molecule has 2 aromatic heterocycles. The zero-order chi connectivity index (χ0) is 16.8. The van der Waals surface area contributed by atoms with Crippen molar-refractivity contribution in [2.24, 2.45) is 0 Å². The van der Waals surface area contributed by atoms with Gasteiger partial charge in [0.25, 0.3) is 0 Å². The topological polar surface area (TPSA) is 82.2 Å². The van der Waals surface area contributed by atoms with Crippen molar-refractivity contribution in [1.29, 1.82) is 0 Å². The van der Waals surface area contributed by atoms with Crippen LogP contribution in [0.4, 0.5) is 0 Å². The van der Waals surface area contributed by atoms with Crippen LogP contribution < -0.4 is 5.32 Å². The molecule has 0 aliphatic carbocycles. The monoisotopic (exact) mass is 350 g/mol. The molecule has 130 valence electrons. The quantitative estimate of drug-likeness (QED) is 0.736. The lowest BCUT2D eigenvalue weighted by molar-refractivity contribution is -0.118. The fourth-order valence-electron chi connectivity index (χ4n) is 2.59. The van der Waals surface area contributed by atoms with Crippen molar-refractivity contribution in [3.8, 4) is 11.6 Å². The molecule has 1 aliphatic rings. The summed E-state index contributed by atoms with van der Waals surface area (Å²) in [5, 5.41) is 12.1. The van der Waals surface area contributed by atoms with Crippen molar-refractivity contribution < 1.29 is 13.9 Å². The Hall–Kier alpha value is -1.80. The zero-order valence-electron chi connectivity index (χ0n) is 13.7. The van der Waals surface area contributed by atoms with E-state index in [0.717, 1.165) is 25.9 Å². The predicted molar refractivity (Wildman–Crippen MR) is 90.7 cm³/mol. The van der Waals surface area contributed by atoms with E-state index >= 15 is 0 Å². The Morgan fingerprint density at radius 1 is 1.50 bits per heavy atom. The van der Waals surface area contributed by atoms with E-state index in [-0.39, 0.29) is 12.0 Å². The average molecular weight is 350 g/mol. The lowest BCUT2D eigenvalue weighted by Crippen LogP contribution is -2.26. The fourth-order valence-corrected chi connectivity index (χ4v) is 3.36. The molecule has 8 heteroatoms. The maximum Gasteiger partial charge on any atom is 0.230 e. The Morgan fingerprint density at radius 2 is 2.42 bits per heavy atom. The van der Waals surface area contributed by atoms with Crippen molar-refractivity contribution >= 4 is 17.7 Å². The van der Waals surface area contributed by atoms with Gasteiger partial charge in [0.15, 0.2) is 10.9 Å². The first kappa shape index (κ1) is 17.0. The SMILES string of the molecule is CCCNC(=O)CSc1nnc(-c2ccco2)n1C[C@@H]1CCCO1. The molecule has 1 atom stereocenters. The molecule has 0 aromatic carbocycles. The minimum Gasteiger partial charge on any atom is -0.461 e. The van der Waals surface area contributed by atoms with Crippen LogP contribution in [0, 0.1) is 0 Å². The molecule has 24 heavy (non-hydrogen) atoms. The van der Waals surface area contributed by atoms with Gasteiger partial charge in [-0.05, 0) is 31.4 Å². The Bertz CT molecular complexity index is 650. The lowest BCUT2D eigenvalue weighted by Gasteiger charge is -2.13. The first-order valence-corrected chi connectivity index (χ1v) is 9.24. The second-order valence-corrected chi connectivity index (χ2v) is 6.61. The van der Waals surface area contributed by atoms with Crippen LogP contribution >= 0.6 is 11.8 Å². The van der Waals surface area contributed by atoms with E-state index in [1.807, 2.05) is 23.6 Å². The molecule has 0 radical (unpaired) electrons. The van der Waals surface area contributed by atoms with Gasteiger partial charge in [0.1, 0.15) is 0 Å². The predicted octanol–water partition coefficient (Wildman–Crippen LogP) is 2.34. The summed E-state index contributed by atoms with van der Waals surface area (Å²) in [6.07, 6.45) is 4.80. The van der Waals surface area contributed by atoms with Crippen LogP contribution in [0.2, 0.25) is 0 Å². The summed E-state index contributed by atoms with van der Waals surface area (Å²) < 4.78 is 13.2. The molecule has 2 aromatic rings. The van der Waals surface area contributed by atoms with Crippen LogP contribution in [0.5, 0.6) is 0 Å². The molecule has 7 nitrogen and oxygen atoms in total. The number of hydrogen-bond acceptors (Lipinski definition) is 6. The number of nitrogens with zero attached hydrogens (tertiary/aromatic N) is 3. The van der Waals surface area contributed by atoms with E-state index in [0.29, 0.717) is 35.6 Å². The maximum atomic E-state index is 11.8. The summed E-state index contributed by atoms with van der Waals surface area (Å²) in [6, 6.07) is 3.68. The van der Waals surface area contributed by atoms with Gasteiger partial charge in [-0.15, -0.1) is 10.2 Å². The van der Waals surface area contributed by atoms with Gasteiger partial charge >= 0.3 is 0 Å². The van der Waals surface area contributed by atoms with Crippen LogP contribution in [0.1, 0.15) is 26.2 Å². The molecule has 0 saturated carbocycles. The molecule has 3 rings (SSSR count). The van der Waals surface area contributed by atoms with Crippen molar-refractivity contribution in [2.45, 2.75) is 44.0 Å². The van der Waals surface area contributed by atoms with Crippen molar-refractivity contribution in [1.82, 2.24) is 20.1 Å². The van der Waals surface area contributed by atoms with Gasteiger partial charge in [-0.2, -0.15) is 0 Å². The number of amides is 1. The van der Waals surface area contributed by atoms with Gasteiger partial charge < -0.3 is 14.5 Å². The number of ether oxygens (including phenoxy) is 1. The van der Waals surface area contributed by atoms with Crippen LogP contribution in [-0.4, -0.2) is 45.7 Å². The number of nitrogens with one attached hydrogen (secondary N) is 1. The van der Waals surface area contributed by atoms with Crippen molar-refractivity contribution in [2.75, 3.05) is 18.9 Å². The highest BCUT2D eigenvalue weighted by Gasteiger charge is 2.23. The van der Waals surface area contributed by atoms with E-state index in [4.69, 9.17) is 9.15 Å². The molecule has 1 aliphatic heterocycles. The van der Waals surface area contributed by atoms with Crippen LogP contribution in [-0.2, 0) is 16.1 Å².